The van der Waals surface area contributed by atoms with Gasteiger partial charge in [-0.05, 0) is 65.3 Å². The smallest absolute Gasteiger partial charge is 0.396 e. The maximum Gasteiger partial charge on any atom is 0.474 e. The molecular formula is C40H67N6O19P. The highest BCUT2D eigenvalue weighted by molar-refractivity contribution is 7.47. The van der Waals surface area contributed by atoms with Gasteiger partial charge in [0.15, 0.2) is 18.7 Å². The molecule has 3 fully saturated rings. The van der Waals surface area contributed by atoms with Crippen LogP contribution in [-0.4, -0.2) is 184 Å². The van der Waals surface area contributed by atoms with Crippen LogP contribution < -0.4 is 16.4 Å². The van der Waals surface area contributed by atoms with Gasteiger partial charge in [-0.15, -0.1) is 0 Å². The Labute approximate surface area is 382 Å². The summed E-state index contributed by atoms with van der Waals surface area (Å²) in [6.07, 6.45) is -12.9. The lowest BCUT2D eigenvalue weighted by atomic mass is 9.79. The second-order valence-corrected chi connectivity index (χ2v) is 18.0. The van der Waals surface area contributed by atoms with E-state index in [1.54, 1.807) is 0 Å². The highest BCUT2D eigenvalue weighted by Gasteiger charge is 2.55. The third kappa shape index (κ3) is 17.3. The summed E-state index contributed by atoms with van der Waals surface area (Å²) in [5, 5.41) is 83.5. The number of azide groups is 1. The van der Waals surface area contributed by atoms with Gasteiger partial charge in [0.05, 0.1) is 44.7 Å². The average Bonchev–Trinajstić information content (AvgIpc) is 3.24. The van der Waals surface area contributed by atoms with Crippen LogP contribution in [-0.2, 0) is 51.7 Å². The number of carbonyl (C=O) groups excluding carboxylic acids is 3. The Hall–Kier alpha value is -3.43. The van der Waals surface area contributed by atoms with Crippen LogP contribution in [0.25, 0.3) is 10.4 Å². The van der Waals surface area contributed by atoms with Crippen LogP contribution in [0.4, 0.5) is 0 Å². The summed E-state index contributed by atoms with van der Waals surface area (Å²) in [5.41, 5.74) is 17.6. The molecule has 16 atom stereocenters. The molecule has 376 valence electrons. The lowest BCUT2D eigenvalue weighted by Crippen LogP contribution is -2.70. The number of aliphatic hydroxyl groups excluding tert-OH is 7. The molecule has 3 rings (SSSR count). The number of carbonyl (C=O) groups is 3. The van der Waals surface area contributed by atoms with Gasteiger partial charge in [-0.25, -0.2) is 4.57 Å². The van der Waals surface area contributed by atoms with Crippen molar-refractivity contribution in [1.82, 2.24) is 10.6 Å². The lowest BCUT2D eigenvalue weighted by Gasteiger charge is -2.49. The third-order valence-electron chi connectivity index (χ3n) is 11.0. The molecule has 0 aromatic rings. The number of amides is 3. The molecule has 2 aliphatic heterocycles. The summed E-state index contributed by atoms with van der Waals surface area (Å²) in [5.74, 6) is -4.03. The van der Waals surface area contributed by atoms with E-state index in [1.807, 2.05) is 13.0 Å². The fourth-order valence-electron chi connectivity index (χ4n) is 7.52. The van der Waals surface area contributed by atoms with Crippen molar-refractivity contribution < 1.29 is 92.3 Å². The van der Waals surface area contributed by atoms with Gasteiger partial charge in [0.1, 0.15) is 55.3 Å². The van der Waals surface area contributed by atoms with Crippen LogP contribution in [0, 0.1) is 5.92 Å². The molecule has 12 N–H and O–H groups in total. The molecule has 3 aliphatic rings. The van der Waals surface area contributed by atoms with Crippen molar-refractivity contribution in [3.05, 3.63) is 45.4 Å². The van der Waals surface area contributed by atoms with E-state index in [2.05, 4.69) is 53.6 Å². The van der Waals surface area contributed by atoms with Gasteiger partial charge in [0, 0.05) is 24.4 Å². The first-order valence-electron chi connectivity index (χ1n) is 21.4. The van der Waals surface area contributed by atoms with Gasteiger partial charge in [-0.2, -0.15) is 0 Å². The minimum atomic E-state index is -5.18. The zero-order valence-electron chi connectivity index (χ0n) is 37.6. The number of phosphoric acid groups is 1. The molecular weight excluding hydrogens is 899 g/mol. The number of nitrogens with zero attached hydrogens (tertiary/aromatic N) is 3. The van der Waals surface area contributed by atoms with Gasteiger partial charge in [0.2, 0.25) is 17.7 Å². The summed E-state index contributed by atoms with van der Waals surface area (Å²) in [4.78, 5) is 50.4. The molecule has 1 aliphatic carbocycles. The van der Waals surface area contributed by atoms with E-state index in [-0.39, 0.29) is 19.6 Å². The number of ether oxygens (including phenoxy) is 5. The molecule has 25 nitrogen and oxygen atoms in total. The Bertz CT molecular complexity index is 1780. The molecule has 66 heavy (non-hydrogen) atoms. The Morgan fingerprint density at radius 1 is 0.818 bits per heavy atom. The van der Waals surface area contributed by atoms with Gasteiger partial charge >= 0.3 is 7.82 Å². The fraction of sp³-hybridized carbons (Fsp3) is 0.775. The second kappa shape index (κ2) is 27.5. The number of primary amides is 1. The predicted octanol–water partition coefficient (Wildman–Crippen LogP) is -1.26. The Morgan fingerprint density at radius 3 is 2.09 bits per heavy atom. The second-order valence-electron chi connectivity index (χ2n) is 16.6. The van der Waals surface area contributed by atoms with Crippen LogP contribution in [0.15, 0.2) is 40.1 Å². The van der Waals surface area contributed by atoms with Gasteiger partial charge < -0.3 is 80.7 Å². The van der Waals surface area contributed by atoms with Crippen molar-refractivity contribution in [2.24, 2.45) is 16.8 Å². The molecule has 0 bridgehead atoms. The van der Waals surface area contributed by atoms with Gasteiger partial charge in [-0.3, -0.25) is 23.4 Å². The molecule has 3 amide bonds. The van der Waals surface area contributed by atoms with Crippen molar-refractivity contribution in [3.63, 3.8) is 0 Å². The molecule has 0 spiro atoms. The zero-order chi connectivity index (χ0) is 49.3. The van der Waals surface area contributed by atoms with E-state index in [4.69, 9.17) is 44.0 Å². The number of nitrogens with one attached hydrogen (secondary N) is 2. The topological polar surface area (TPSA) is 394 Å². The maximum absolute atomic E-state index is 13.2. The minimum Gasteiger partial charge on any atom is -0.396 e. The SMILES string of the molecule is CC(=O)NC1[C@H](OC2[C@@H](OP(=O)(O)OCCOCC=C(C)CCC=C(C)CCC=C(C)C)OC(C(N)=O)[C@H](O)[C@@H]2O)OC(CO)[C@@H](O[C@@H]2CC(CO)[C@H](O)[C@H](O)C2NC(=O)CN=[N+]=[N-])[C@@H]1O. The van der Waals surface area contributed by atoms with E-state index >= 15 is 0 Å². The van der Waals surface area contributed by atoms with E-state index < -0.39 is 144 Å². The summed E-state index contributed by atoms with van der Waals surface area (Å²) in [6.45, 7) is 6.38. The summed E-state index contributed by atoms with van der Waals surface area (Å²) < 4.78 is 52.2. The third-order valence-corrected chi connectivity index (χ3v) is 12.0. The first kappa shape index (κ1) is 56.9. The van der Waals surface area contributed by atoms with Crippen molar-refractivity contribution in [2.75, 3.05) is 39.6 Å². The molecule has 2 heterocycles. The van der Waals surface area contributed by atoms with E-state index in [0.29, 0.717) is 0 Å². The summed E-state index contributed by atoms with van der Waals surface area (Å²) in [6, 6.07) is -3.15. The molecule has 7 unspecified atom stereocenters. The Morgan fingerprint density at radius 2 is 1.48 bits per heavy atom. The number of hydrogen-bond donors (Lipinski definition) is 11. The summed E-state index contributed by atoms with van der Waals surface area (Å²) in [7, 11) is -5.18. The monoisotopic (exact) mass is 966 g/mol. The van der Waals surface area contributed by atoms with Crippen molar-refractivity contribution in [2.45, 2.75) is 152 Å². The van der Waals surface area contributed by atoms with Crippen LogP contribution in [0.5, 0.6) is 0 Å². The predicted molar refractivity (Wildman–Crippen MR) is 229 cm³/mol. The molecule has 2 saturated heterocycles. The zero-order valence-corrected chi connectivity index (χ0v) is 38.5. The Balaban J connectivity index is 1.75. The van der Waals surface area contributed by atoms with Crippen LogP contribution in [0.3, 0.4) is 0 Å². The van der Waals surface area contributed by atoms with E-state index in [1.165, 1.54) is 11.1 Å². The first-order chi connectivity index (χ1) is 31.1. The Kier molecular flexibility index (Phi) is 23.7. The van der Waals surface area contributed by atoms with Crippen molar-refractivity contribution >= 4 is 25.5 Å². The number of nitrogens with two attached hydrogens (primary N) is 1. The van der Waals surface area contributed by atoms with Crippen molar-refractivity contribution in [3.8, 4) is 0 Å². The quantitative estimate of drug-likeness (QED) is 0.0127. The van der Waals surface area contributed by atoms with Crippen LogP contribution in [0.1, 0.15) is 66.7 Å². The molecule has 1 saturated carbocycles. The van der Waals surface area contributed by atoms with E-state index in [0.717, 1.165) is 38.2 Å². The minimum absolute atomic E-state index is 0.162. The van der Waals surface area contributed by atoms with Crippen LogP contribution in [0.2, 0.25) is 0 Å². The van der Waals surface area contributed by atoms with Crippen molar-refractivity contribution in [1.29, 1.82) is 0 Å². The number of allylic oxidation sites excluding steroid dienone is 5. The standard InChI is InChI=1S/C40H67N6O19P/c1-20(2)8-6-9-21(3)10-7-11-22(4)12-13-59-14-15-60-66(57,58)65-40-37(34(55)33(54)36(63-40)38(41)56)64-39-29(44-23(5)49)32(53)35(26(19-48)62-39)61-25-16-24(18-47)30(51)31(52)28(25)45-27(50)17-43-46-42/h8,10,12,24-26,28-37,39-40,47-48,51-55H,6-7,9,11,13-19H2,1-5H3,(H2,41,56)(H,44,49)(H,45,50)(H,57,58)/t24?,25-,26?,28?,29?,30+,31-,32-,33-,34+,35-,36?,37?,39+,40-/m1/s1. The molecule has 0 radical (unpaired) electrons. The summed E-state index contributed by atoms with van der Waals surface area (Å²) >= 11 is 0. The number of aliphatic hydroxyl groups is 7. The maximum atomic E-state index is 13.2. The average molecular weight is 967 g/mol. The fourth-order valence-corrected chi connectivity index (χ4v) is 8.32. The molecule has 0 aromatic heterocycles. The number of phosphoric ester groups is 1. The van der Waals surface area contributed by atoms with Crippen LogP contribution >= 0.6 is 7.82 Å². The first-order valence-corrected chi connectivity index (χ1v) is 22.9. The molecule has 0 aromatic carbocycles. The number of hydrogen-bond acceptors (Lipinski definition) is 19. The largest absolute Gasteiger partial charge is 0.474 e. The van der Waals surface area contributed by atoms with Gasteiger partial charge in [0.25, 0.3) is 0 Å². The highest BCUT2D eigenvalue weighted by atomic mass is 31.2. The highest BCUT2D eigenvalue weighted by Crippen LogP contribution is 2.47. The number of rotatable bonds is 25. The normalized spacial score (nSPS) is 33.8. The lowest BCUT2D eigenvalue weighted by molar-refractivity contribution is -0.345. The molecule has 26 heteroatoms. The van der Waals surface area contributed by atoms with E-state index in [9.17, 15) is 59.6 Å². The van der Waals surface area contributed by atoms with Gasteiger partial charge in [-0.1, -0.05) is 40.1 Å².